The van der Waals surface area contributed by atoms with E-state index < -0.39 is 0 Å². The van der Waals surface area contributed by atoms with Crippen LogP contribution in [0.2, 0.25) is 0 Å². The number of rotatable bonds is 6. The summed E-state index contributed by atoms with van der Waals surface area (Å²) in [4.78, 5) is 0. The van der Waals surface area contributed by atoms with E-state index in [0.717, 1.165) is 17.0 Å². The molecule has 0 aliphatic heterocycles. The molecule has 0 fully saturated rings. The van der Waals surface area contributed by atoms with Crippen LogP contribution in [-0.2, 0) is 6.54 Å². The number of hydrogen-bond donors (Lipinski definition) is 0. The van der Waals surface area contributed by atoms with E-state index in [1.165, 1.54) is 5.56 Å². The molecule has 0 saturated carbocycles. The fourth-order valence-electron chi connectivity index (χ4n) is 2.46. The van der Waals surface area contributed by atoms with Crippen molar-refractivity contribution in [3.63, 3.8) is 0 Å². The van der Waals surface area contributed by atoms with Crippen molar-refractivity contribution in [2.45, 2.75) is 6.54 Å². The molecule has 0 N–H and O–H groups in total. The topological polar surface area (TPSA) is 24.8 Å². The molecular weight excluding hydrogens is 296 g/mol. The maximum Gasteiger partial charge on any atom is 0.127 e. The van der Waals surface area contributed by atoms with Crippen LogP contribution in [0.25, 0.3) is 0 Å². The van der Waals surface area contributed by atoms with Gasteiger partial charge in [-0.15, -0.1) is 0 Å². The Morgan fingerprint density at radius 1 is 0.833 bits per heavy atom. The summed E-state index contributed by atoms with van der Waals surface area (Å²) >= 11 is 0. The Labute approximate surface area is 142 Å². The molecule has 24 heavy (non-hydrogen) atoms. The Bertz CT molecular complexity index is 785. The Morgan fingerprint density at radius 2 is 1.46 bits per heavy atom. The third kappa shape index (κ3) is 4.02. The lowest BCUT2D eigenvalue weighted by Gasteiger charge is -2.19. The highest BCUT2D eigenvalue weighted by molar-refractivity contribution is 5.84. The summed E-state index contributed by atoms with van der Waals surface area (Å²) in [5, 5.41) is 6.68. The molecular formula is C21H20N2O. The molecule has 3 aromatic rings. The molecule has 0 spiro atoms. The van der Waals surface area contributed by atoms with Crippen molar-refractivity contribution in [1.29, 1.82) is 0 Å². The molecule has 0 aromatic heterocycles. The molecule has 3 aromatic carbocycles. The van der Waals surface area contributed by atoms with Crippen molar-refractivity contribution in [3.8, 4) is 5.75 Å². The molecule has 3 heteroatoms. The van der Waals surface area contributed by atoms with Crippen molar-refractivity contribution in [1.82, 2.24) is 0 Å². The molecule has 0 saturated heterocycles. The second kappa shape index (κ2) is 7.97. The smallest absolute Gasteiger partial charge is 0.127 e. The van der Waals surface area contributed by atoms with Crippen molar-refractivity contribution in [3.05, 3.63) is 96.1 Å². The molecule has 120 valence electrons. The molecule has 0 heterocycles. The van der Waals surface area contributed by atoms with Crippen LogP contribution in [-0.4, -0.2) is 13.3 Å². The molecule has 0 unspecified atom stereocenters. The molecule has 0 amide bonds. The van der Waals surface area contributed by atoms with Gasteiger partial charge >= 0.3 is 0 Å². The Balaban J connectivity index is 1.88. The van der Waals surface area contributed by atoms with Crippen molar-refractivity contribution in [2.75, 3.05) is 12.1 Å². The van der Waals surface area contributed by atoms with E-state index in [9.17, 15) is 0 Å². The minimum Gasteiger partial charge on any atom is -0.496 e. The van der Waals surface area contributed by atoms with Gasteiger partial charge in [0.15, 0.2) is 0 Å². The zero-order valence-electron chi connectivity index (χ0n) is 13.7. The monoisotopic (exact) mass is 316 g/mol. The van der Waals surface area contributed by atoms with E-state index in [4.69, 9.17) is 9.84 Å². The number of benzene rings is 3. The third-order valence-corrected chi connectivity index (χ3v) is 3.70. The van der Waals surface area contributed by atoms with Crippen molar-refractivity contribution < 1.29 is 4.74 Å². The first-order chi connectivity index (χ1) is 11.9. The van der Waals surface area contributed by atoms with E-state index >= 15 is 0 Å². The number of para-hydroxylation sites is 2. The van der Waals surface area contributed by atoms with Crippen LogP contribution in [0.4, 0.5) is 5.69 Å². The summed E-state index contributed by atoms with van der Waals surface area (Å²) in [6, 6.07) is 28.3. The van der Waals surface area contributed by atoms with Crippen LogP contribution in [0.5, 0.6) is 5.75 Å². The predicted octanol–water partition coefficient (Wildman–Crippen LogP) is 4.74. The highest BCUT2D eigenvalue weighted by Gasteiger charge is 2.06. The average molecular weight is 316 g/mol. The fraction of sp³-hybridized carbons (Fsp3) is 0.0952. The second-order valence-corrected chi connectivity index (χ2v) is 5.37. The molecule has 3 nitrogen and oxygen atoms in total. The quantitative estimate of drug-likeness (QED) is 0.485. The van der Waals surface area contributed by atoms with Gasteiger partial charge in [0.05, 0.1) is 25.6 Å². The number of hydrogen-bond acceptors (Lipinski definition) is 3. The summed E-state index contributed by atoms with van der Waals surface area (Å²) < 4.78 is 5.39. The van der Waals surface area contributed by atoms with Crippen LogP contribution < -0.4 is 9.75 Å². The lowest BCUT2D eigenvalue weighted by Crippen LogP contribution is -2.16. The largest absolute Gasteiger partial charge is 0.496 e. The molecule has 0 bridgehead atoms. The first-order valence-electron chi connectivity index (χ1n) is 7.90. The van der Waals surface area contributed by atoms with E-state index in [0.29, 0.717) is 6.54 Å². The number of hydrazone groups is 1. The van der Waals surface area contributed by atoms with E-state index in [-0.39, 0.29) is 0 Å². The van der Waals surface area contributed by atoms with Crippen LogP contribution in [0.1, 0.15) is 11.1 Å². The first kappa shape index (κ1) is 15.8. The molecule has 0 atom stereocenters. The lowest BCUT2D eigenvalue weighted by molar-refractivity contribution is 0.414. The third-order valence-electron chi connectivity index (χ3n) is 3.70. The highest BCUT2D eigenvalue weighted by atomic mass is 16.5. The van der Waals surface area contributed by atoms with Crippen LogP contribution >= 0.6 is 0 Å². The van der Waals surface area contributed by atoms with Crippen LogP contribution in [0.15, 0.2) is 90.0 Å². The minimum absolute atomic E-state index is 0.705. The molecule has 0 aliphatic rings. The second-order valence-electron chi connectivity index (χ2n) is 5.37. The van der Waals surface area contributed by atoms with Crippen LogP contribution in [0.3, 0.4) is 0 Å². The average Bonchev–Trinajstić information content (AvgIpc) is 2.67. The first-order valence-corrected chi connectivity index (χ1v) is 7.90. The molecule has 0 radical (unpaired) electrons. The van der Waals surface area contributed by atoms with Crippen LogP contribution in [0, 0.1) is 0 Å². The minimum atomic E-state index is 0.705. The van der Waals surface area contributed by atoms with Gasteiger partial charge < -0.3 is 4.74 Å². The molecule has 3 rings (SSSR count). The van der Waals surface area contributed by atoms with Gasteiger partial charge in [-0.1, -0.05) is 60.7 Å². The van der Waals surface area contributed by atoms with Gasteiger partial charge in [0.1, 0.15) is 5.75 Å². The maximum atomic E-state index is 5.39. The summed E-state index contributed by atoms with van der Waals surface area (Å²) in [7, 11) is 1.67. The van der Waals surface area contributed by atoms with Gasteiger partial charge in [0, 0.05) is 5.56 Å². The number of nitrogens with zero attached hydrogens (tertiary/aromatic N) is 2. The van der Waals surface area contributed by atoms with Gasteiger partial charge in [-0.3, -0.25) is 5.01 Å². The van der Waals surface area contributed by atoms with Crippen molar-refractivity contribution in [2.24, 2.45) is 5.10 Å². The fourth-order valence-corrected chi connectivity index (χ4v) is 2.46. The summed E-state index contributed by atoms with van der Waals surface area (Å²) in [5.41, 5.74) is 3.21. The number of anilines is 1. The number of methoxy groups -OCH3 is 1. The highest BCUT2D eigenvalue weighted by Crippen LogP contribution is 2.19. The Kier molecular flexibility index (Phi) is 5.25. The summed E-state index contributed by atoms with van der Waals surface area (Å²) in [6.07, 6.45) is 1.84. The Morgan fingerprint density at radius 3 is 2.17 bits per heavy atom. The van der Waals surface area contributed by atoms with Crippen molar-refractivity contribution >= 4 is 11.9 Å². The molecule has 0 aliphatic carbocycles. The zero-order chi connectivity index (χ0) is 16.6. The van der Waals surface area contributed by atoms with E-state index in [2.05, 4.69) is 24.3 Å². The summed E-state index contributed by atoms with van der Waals surface area (Å²) in [6.45, 7) is 0.705. The van der Waals surface area contributed by atoms with E-state index in [1.54, 1.807) is 7.11 Å². The van der Waals surface area contributed by atoms with Gasteiger partial charge in [-0.25, -0.2) is 0 Å². The van der Waals surface area contributed by atoms with Gasteiger partial charge in [0.25, 0.3) is 0 Å². The Hall–Kier alpha value is -3.07. The standard InChI is InChI=1S/C21H20N2O/c1-24-21-15-9-8-12-19(21)16-22-23(20-13-6-3-7-14-20)17-18-10-4-2-5-11-18/h2-16H,17H2,1H3/b22-16+. The lowest BCUT2D eigenvalue weighted by atomic mass is 10.2. The van der Waals surface area contributed by atoms with Gasteiger partial charge in [-0.2, -0.15) is 5.10 Å². The summed E-state index contributed by atoms with van der Waals surface area (Å²) in [5.74, 6) is 0.814. The number of ether oxygens (including phenoxy) is 1. The van der Waals surface area contributed by atoms with Gasteiger partial charge in [0.2, 0.25) is 0 Å². The van der Waals surface area contributed by atoms with E-state index in [1.807, 2.05) is 71.9 Å². The predicted molar refractivity (Wildman–Crippen MR) is 99.7 cm³/mol. The SMILES string of the molecule is COc1ccccc1/C=N/N(Cc1ccccc1)c1ccccc1. The normalized spacial score (nSPS) is 10.7. The zero-order valence-corrected chi connectivity index (χ0v) is 13.7. The maximum absolute atomic E-state index is 5.39. The van der Waals surface area contributed by atoms with Gasteiger partial charge in [-0.05, 0) is 29.8 Å².